The quantitative estimate of drug-likeness (QED) is 0.795. The molecule has 0 N–H and O–H groups in total. The zero-order chi connectivity index (χ0) is 11.8. The third-order valence-corrected chi connectivity index (χ3v) is 4.34. The summed E-state index contributed by atoms with van der Waals surface area (Å²) in [5.74, 6) is 3.07. The van der Waals surface area contributed by atoms with Gasteiger partial charge in [0.15, 0.2) is 0 Å². The van der Waals surface area contributed by atoms with Crippen molar-refractivity contribution in [3.63, 3.8) is 0 Å². The maximum Gasteiger partial charge on any atom is 0.141 e. The molecule has 2 fully saturated rings. The summed E-state index contributed by atoms with van der Waals surface area (Å²) >= 11 is 0. The number of fused-ring (bicyclic) bond motifs is 1. The second-order valence-electron chi connectivity index (χ2n) is 5.24. The highest BCUT2D eigenvalue weighted by atomic mass is 16.5. The highest BCUT2D eigenvalue weighted by Gasteiger charge is 2.55. The minimum Gasteiger partial charge on any atom is -0.496 e. The van der Waals surface area contributed by atoms with Gasteiger partial charge in [-0.3, -0.25) is 4.79 Å². The number of hydrogen-bond donors (Lipinski definition) is 0. The van der Waals surface area contributed by atoms with Crippen molar-refractivity contribution in [3.05, 3.63) is 29.8 Å². The first-order valence-electron chi connectivity index (χ1n) is 6.46. The van der Waals surface area contributed by atoms with E-state index in [9.17, 15) is 4.79 Å². The van der Waals surface area contributed by atoms with E-state index in [2.05, 4.69) is 0 Å². The minimum absolute atomic E-state index is 0.369. The number of carbonyl (C=O) groups excluding carboxylic acids is 1. The number of carbonyl (C=O) groups is 1. The van der Waals surface area contributed by atoms with E-state index in [-0.39, 0.29) is 0 Å². The van der Waals surface area contributed by atoms with E-state index >= 15 is 0 Å². The Labute approximate surface area is 102 Å². The zero-order valence-electron chi connectivity index (χ0n) is 10.2. The molecule has 1 aromatic carbocycles. The average Bonchev–Trinajstić information content (AvgIpc) is 2.84. The topological polar surface area (TPSA) is 26.3 Å². The lowest BCUT2D eigenvalue weighted by Crippen LogP contribution is -2.09. The molecule has 17 heavy (non-hydrogen) atoms. The smallest absolute Gasteiger partial charge is 0.141 e. The van der Waals surface area contributed by atoms with Crippen LogP contribution in [0.15, 0.2) is 24.3 Å². The van der Waals surface area contributed by atoms with Gasteiger partial charge in [-0.15, -0.1) is 0 Å². The van der Waals surface area contributed by atoms with Crippen molar-refractivity contribution in [2.24, 2.45) is 17.8 Å². The molecule has 0 saturated heterocycles. The van der Waals surface area contributed by atoms with Crippen molar-refractivity contribution in [1.82, 2.24) is 0 Å². The molecule has 0 bridgehead atoms. The first-order chi connectivity index (χ1) is 8.31. The molecule has 2 unspecified atom stereocenters. The fourth-order valence-electron chi connectivity index (χ4n) is 3.45. The van der Waals surface area contributed by atoms with Crippen LogP contribution in [0.25, 0.3) is 0 Å². The Morgan fingerprint density at radius 3 is 2.71 bits per heavy atom. The molecule has 0 radical (unpaired) electrons. The standard InChI is InChI=1S/C15H18O2/c1-17-14-8-3-2-5-10(14)9-13(16)15-11-6-4-7-12(11)15/h2-3,5,8,11-12,15H,4,6-7,9H2,1H3. The van der Waals surface area contributed by atoms with Crippen molar-refractivity contribution in [2.75, 3.05) is 7.11 Å². The van der Waals surface area contributed by atoms with Crippen LogP contribution in [0.3, 0.4) is 0 Å². The van der Waals surface area contributed by atoms with Gasteiger partial charge in [0, 0.05) is 17.9 Å². The second kappa shape index (κ2) is 4.17. The number of hydrogen-bond acceptors (Lipinski definition) is 2. The van der Waals surface area contributed by atoms with E-state index in [1.807, 2.05) is 24.3 Å². The molecule has 1 aromatic rings. The largest absolute Gasteiger partial charge is 0.496 e. The summed E-state index contributed by atoms with van der Waals surface area (Å²) in [6, 6.07) is 7.84. The zero-order valence-corrected chi connectivity index (χ0v) is 10.2. The summed E-state index contributed by atoms with van der Waals surface area (Å²) in [4.78, 5) is 12.2. The monoisotopic (exact) mass is 230 g/mol. The number of para-hydroxylation sites is 1. The van der Waals surface area contributed by atoms with Gasteiger partial charge in [-0.25, -0.2) is 0 Å². The van der Waals surface area contributed by atoms with Gasteiger partial charge in [0.05, 0.1) is 7.11 Å². The summed E-state index contributed by atoms with van der Waals surface area (Å²) in [6.45, 7) is 0. The van der Waals surface area contributed by atoms with E-state index < -0.39 is 0 Å². The highest BCUT2D eigenvalue weighted by Crippen LogP contribution is 2.58. The Balaban J connectivity index is 1.69. The SMILES string of the molecule is COc1ccccc1CC(=O)C1C2CCCC21. The van der Waals surface area contributed by atoms with Crippen molar-refractivity contribution >= 4 is 5.78 Å². The van der Waals surface area contributed by atoms with Gasteiger partial charge in [0.1, 0.15) is 11.5 Å². The molecular weight excluding hydrogens is 212 g/mol. The summed E-state index contributed by atoms with van der Waals surface area (Å²) in [5.41, 5.74) is 1.03. The van der Waals surface area contributed by atoms with Gasteiger partial charge >= 0.3 is 0 Å². The van der Waals surface area contributed by atoms with Crippen LogP contribution in [0.4, 0.5) is 0 Å². The Kier molecular flexibility index (Phi) is 2.65. The molecule has 0 heterocycles. The normalized spacial score (nSPS) is 29.8. The Morgan fingerprint density at radius 2 is 2.00 bits per heavy atom. The molecule has 3 rings (SSSR count). The van der Waals surface area contributed by atoms with Crippen LogP contribution in [0.1, 0.15) is 24.8 Å². The summed E-state index contributed by atoms with van der Waals surface area (Å²) in [5, 5.41) is 0. The summed E-state index contributed by atoms with van der Waals surface area (Å²) < 4.78 is 5.29. The van der Waals surface area contributed by atoms with E-state index in [1.165, 1.54) is 19.3 Å². The summed E-state index contributed by atoms with van der Waals surface area (Å²) in [7, 11) is 1.66. The number of ketones is 1. The van der Waals surface area contributed by atoms with Crippen LogP contribution in [-0.4, -0.2) is 12.9 Å². The van der Waals surface area contributed by atoms with Gasteiger partial charge in [-0.1, -0.05) is 24.6 Å². The van der Waals surface area contributed by atoms with E-state index in [0.717, 1.165) is 23.1 Å². The van der Waals surface area contributed by atoms with Crippen LogP contribution < -0.4 is 4.74 Å². The maximum absolute atomic E-state index is 12.2. The van der Waals surface area contributed by atoms with E-state index in [4.69, 9.17) is 4.74 Å². The van der Waals surface area contributed by atoms with E-state index in [1.54, 1.807) is 7.11 Å². The first kappa shape index (κ1) is 10.8. The maximum atomic E-state index is 12.2. The fraction of sp³-hybridized carbons (Fsp3) is 0.533. The molecule has 0 amide bonds. The Hall–Kier alpha value is -1.31. The predicted octanol–water partition coefficient (Wildman–Crippen LogP) is 2.85. The van der Waals surface area contributed by atoms with Crippen LogP contribution >= 0.6 is 0 Å². The lowest BCUT2D eigenvalue weighted by Gasteiger charge is -2.08. The molecule has 0 aromatic heterocycles. The highest BCUT2D eigenvalue weighted by molar-refractivity contribution is 5.87. The third kappa shape index (κ3) is 1.86. The molecule has 2 nitrogen and oxygen atoms in total. The number of benzene rings is 1. The van der Waals surface area contributed by atoms with Crippen LogP contribution in [-0.2, 0) is 11.2 Å². The van der Waals surface area contributed by atoms with Crippen molar-refractivity contribution in [2.45, 2.75) is 25.7 Å². The Morgan fingerprint density at radius 1 is 1.29 bits per heavy atom. The number of methoxy groups -OCH3 is 1. The first-order valence-corrected chi connectivity index (χ1v) is 6.46. The number of ether oxygens (including phenoxy) is 1. The van der Waals surface area contributed by atoms with Crippen molar-refractivity contribution in [3.8, 4) is 5.75 Å². The van der Waals surface area contributed by atoms with Crippen molar-refractivity contribution in [1.29, 1.82) is 0 Å². The molecule has 2 aliphatic rings. The van der Waals surface area contributed by atoms with Crippen LogP contribution in [0, 0.1) is 17.8 Å². The van der Waals surface area contributed by atoms with Crippen molar-refractivity contribution < 1.29 is 9.53 Å². The molecular formula is C15H18O2. The molecule has 0 aliphatic heterocycles. The van der Waals surface area contributed by atoms with Gasteiger partial charge in [-0.2, -0.15) is 0 Å². The van der Waals surface area contributed by atoms with Crippen LogP contribution in [0.5, 0.6) is 5.75 Å². The van der Waals surface area contributed by atoms with Gasteiger partial charge in [-0.05, 0) is 30.7 Å². The third-order valence-electron chi connectivity index (χ3n) is 4.34. The lowest BCUT2D eigenvalue weighted by molar-refractivity contribution is -0.120. The van der Waals surface area contributed by atoms with E-state index in [0.29, 0.717) is 18.1 Å². The minimum atomic E-state index is 0.369. The fourth-order valence-corrected chi connectivity index (χ4v) is 3.45. The second-order valence-corrected chi connectivity index (χ2v) is 5.24. The molecule has 2 saturated carbocycles. The predicted molar refractivity (Wildman–Crippen MR) is 66.0 cm³/mol. The molecule has 2 atom stereocenters. The number of rotatable bonds is 4. The average molecular weight is 230 g/mol. The molecule has 90 valence electrons. The molecule has 0 spiro atoms. The molecule has 2 aliphatic carbocycles. The molecule has 2 heteroatoms. The van der Waals surface area contributed by atoms with Gasteiger partial charge < -0.3 is 4.74 Å². The summed E-state index contributed by atoms with van der Waals surface area (Å²) in [6.07, 6.45) is 4.41. The van der Waals surface area contributed by atoms with Gasteiger partial charge in [0.2, 0.25) is 0 Å². The lowest BCUT2D eigenvalue weighted by atomic mass is 10.0. The Bertz CT molecular complexity index is 428. The van der Waals surface area contributed by atoms with Crippen LogP contribution in [0.2, 0.25) is 0 Å². The van der Waals surface area contributed by atoms with Gasteiger partial charge in [0.25, 0.3) is 0 Å². The number of Topliss-reactive ketones (excluding diaryl/α,β-unsaturated/α-hetero) is 1.